The highest BCUT2D eigenvalue weighted by Gasteiger charge is 2.20. The van der Waals surface area contributed by atoms with Gasteiger partial charge in [0.15, 0.2) is 0 Å². The normalized spacial score (nSPS) is 14.2. The zero-order valence-electron chi connectivity index (χ0n) is 18.6. The Morgan fingerprint density at radius 2 is 1.73 bits per heavy atom. The second kappa shape index (κ2) is 10.7. The van der Waals surface area contributed by atoms with Crippen LogP contribution in [0, 0.1) is 12.7 Å². The van der Waals surface area contributed by atoms with E-state index in [1.807, 2.05) is 36.1 Å². The van der Waals surface area contributed by atoms with Crippen LogP contribution in [0.5, 0.6) is 0 Å². The molecule has 1 fully saturated rings. The molecule has 6 nitrogen and oxygen atoms in total. The SMILES string of the molecule is Cc1ccc(-n2nc(N3CCCN(C(=O)CSCc4ccc(F)cc4)CC3)ccc2=O)cc1. The molecule has 0 saturated carbocycles. The van der Waals surface area contributed by atoms with Gasteiger partial charge in [0.2, 0.25) is 5.91 Å². The van der Waals surface area contributed by atoms with Crippen molar-refractivity contribution in [3.05, 3.63) is 88.0 Å². The van der Waals surface area contributed by atoms with Crippen molar-refractivity contribution in [1.29, 1.82) is 0 Å². The molecule has 0 bridgehead atoms. The van der Waals surface area contributed by atoms with Crippen LogP contribution in [0.1, 0.15) is 17.5 Å². The number of anilines is 1. The number of hydrogen-bond donors (Lipinski definition) is 0. The van der Waals surface area contributed by atoms with Crippen LogP contribution >= 0.6 is 11.8 Å². The molecule has 33 heavy (non-hydrogen) atoms. The average molecular weight is 467 g/mol. The third-order valence-electron chi connectivity index (χ3n) is 5.64. The fraction of sp³-hybridized carbons (Fsp3) is 0.320. The van der Waals surface area contributed by atoms with E-state index in [4.69, 9.17) is 0 Å². The lowest BCUT2D eigenvalue weighted by atomic mass is 10.2. The fourth-order valence-corrected chi connectivity index (χ4v) is 4.65. The Balaban J connectivity index is 1.35. The molecule has 1 amide bonds. The highest BCUT2D eigenvalue weighted by atomic mass is 32.2. The van der Waals surface area contributed by atoms with Gasteiger partial charge in [-0.2, -0.15) is 4.68 Å². The van der Waals surface area contributed by atoms with Crippen LogP contribution in [0.3, 0.4) is 0 Å². The molecule has 4 rings (SSSR count). The number of benzene rings is 2. The summed E-state index contributed by atoms with van der Waals surface area (Å²) in [6.45, 7) is 4.74. The molecule has 0 radical (unpaired) electrons. The van der Waals surface area contributed by atoms with Gasteiger partial charge in [0.1, 0.15) is 11.6 Å². The van der Waals surface area contributed by atoms with Gasteiger partial charge in [-0.3, -0.25) is 9.59 Å². The molecule has 1 saturated heterocycles. The van der Waals surface area contributed by atoms with Gasteiger partial charge in [0.05, 0.1) is 11.4 Å². The molecule has 2 heterocycles. The van der Waals surface area contributed by atoms with Gasteiger partial charge in [-0.25, -0.2) is 4.39 Å². The molecule has 0 spiro atoms. The Morgan fingerprint density at radius 3 is 2.48 bits per heavy atom. The van der Waals surface area contributed by atoms with Crippen molar-refractivity contribution in [3.8, 4) is 5.69 Å². The van der Waals surface area contributed by atoms with Crippen molar-refractivity contribution in [2.75, 3.05) is 36.8 Å². The molecule has 172 valence electrons. The fourth-order valence-electron chi connectivity index (χ4n) is 3.77. The van der Waals surface area contributed by atoms with E-state index < -0.39 is 0 Å². The highest BCUT2D eigenvalue weighted by Crippen LogP contribution is 2.17. The minimum atomic E-state index is -0.252. The number of amides is 1. The van der Waals surface area contributed by atoms with Gasteiger partial charge in [0, 0.05) is 38.0 Å². The van der Waals surface area contributed by atoms with Crippen molar-refractivity contribution in [3.63, 3.8) is 0 Å². The number of carbonyl (C=O) groups is 1. The summed E-state index contributed by atoms with van der Waals surface area (Å²) < 4.78 is 14.4. The maximum atomic E-state index is 13.0. The van der Waals surface area contributed by atoms with Gasteiger partial charge >= 0.3 is 0 Å². The van der Waals surface area contributed by atoms with Crippen molar-refractivity contribution in [2.24, 2.45) is 0 Å². The van der Waals surface area contributed by atoms with E-state index in [-0.39, 0.29) is 17.3 Å². The summed E-state index contributed by atoms with van der Waals surface area (Å²) in [5.74, 6) is 1.67. The highest BCUT2D eigenvalue weighted by molar-refractivity contribution is 7.99. The smallest absolute Gasteiger partial charge is 0.271 e. The van der Waals surface area contributed by atoms with E-state index in [1.54, 1.807) is 36.0 Å². The van der Waals surface area contributed by atoms with Gasteiger partial charge in [-0.05, 0) is 49.2 Å². The van der Waals surface area contributed by atoms with Crippen LogP contribution in [0.15, 0.2) is 65.5 Å². The van der Waals surface area contributed by atoms with E-state index in [0.717, 1.165) is 35.6 Å². The predicted molar refractivity (Wildman–Crippen MR) is 131 cm³/mol. The molecule has 1 aliphatic rings. The third kappa shape index (κ3) is 6.01. The quantitative estimate of drug-likeness (QED) is 0.555. The maximum absolute atomic E-state index is 13.0. The zero-order valence-corrected chi connectivity index (χ0v) is 19.4. The summed E-state index contributed by atoms with van der Waals surface area (Å²) in [4.78, 5) is 29.1. The zero-order chi connectivity index (χ0) is 23.2. The lowest BCUT2D eigenvalue weighted by molar-refractivity contribution is -0.128. The topological polar surface area (TPSA) is 58.4 Å². The van der Waals surface area contributed by atoms with Crippen LogP contribution in [0.25, 0.3) is 5.69 Å². The molecule has 0 aliphatic carbocycles. The molecule has 0 unspecified atom stereocenters. The molecule has 1 aliphatic heterocycles. The number of aryl methyl sites for hydroxylation is 1. The largest absolute Gasteiger partial charge is 0.353 e. The minimum absolute atomic E-state index is 0.113. The number of carbonyl (C=O) groups excluding carboxylic acids is 1. The molecule has 1 aromatic heterocycles. The first-order valence-electron chi connectivity index (χ1n) is 11.0. The van der Waals surface area contributed by atoms with Crippen LogP contribution in [0.2, 0.25) is 0 Å². The molecule has 8 heteroatoms. The molecule has 0 atom stereocenters. The average Bonchev–Trinajstić information content (AvgIpc) is 3.08. The summed E-state index contributed by atoms with van der Waals surface area (Å²) in [7, 11) is 0. The Bertz CT molecular complexity index is 1150. The number of hydrogen-bond acceptors (Lipinski definition) is 5. The minimum Gasteiger partial charge on any atom is -0.353 e. The number of halogens is 1. The summed E-state index contributed by atoms with van der Waals surface area (Å²) >= 11 is 1.54. The lowest BCUT2D eigenvalue weighted by Gasteiger charge is -2.23. The van der Waals surface area contributed by atoms with Crippen molar-refractivity contribution < 1.29 is 9.18 Å². The monoisotopic (exact) mass is 466 g/mol. The summed E-state index contributed by atoms with van der Waals surface area (Å²) in [6, 6.07) is 17.4. The van der Waals surface area contributed by atoms with E-state index in [0.29, 0.717) is 31.1 Å². The van der Waals surface area contributed by atoms with E-state index >= 15 is 0 Å². The van der Waals surface area contributed by atoms with Crippen LogP contribution < -0.4 is 10.5 Å². The third-order valence-corrected chi connectivity index (χ3v) is 6.63. The lowest BCUT2D eigenvalue weighted by Crippen LogP contribution is -2.36. The molecule has 2 aromatic carbocycles. The van der Waals surface area contributed by atoms with Gasteiger partial charge in [-0.15, -0.1) is 16.9 Å². The molecule has 0 N–H and O–H groups in total. The number of aromatic nitrogens is 2. The number of thioether (sulfide) groups is 1. The Labute approximate surface area is 197 Å². The predicted octanol–water partition coefficient (Wildman–Crippen LogP) is 3.65. The standard InChI is InChI=1S/C25H27FN4O2S/c1-19-3-9-22(10-4-19)30-24(31)12-11-23(27-30)28-13-2-14-29(16-15-28)25(32)18-33-17-20-5-7-21(26)8-6-20/h3-12H,2,13-18H2,1H3. The second-order valence-electron chi connectivity index (χ2n) is 8.12. The van der Waals surface area contributed by atoms with Gasteiger partial charge < -0.3 is 9.80 Å². The van der Waals surface area contributed by atoms with E-state index in [1.165, 1.54) is 16.8 Å². The maximum Gasteiger partial charge on any atom is 0.271 e. The number of nitrogens with zero attached hydrogens (tertiary/aromatic N) is 4. The first kappa shape index (κ1) is 23.0. The van der Waals surface area contributed by atoms with Crippen LogP contribution in [0.4, 0.5) is 10.2 Å². The Hall–Kier alpha value is -3.13. The Kier molecular flexibility index (Phi) is 7.44. The van der Waals surface area contributed by atoms with Crippen molar-refractivity contribution >= 4 is 23.5 Å². The second-order valence-corrected chi connectivity index (χ2v) is 9.10. The van der Waals surface area contributed by atoms with Crippen molar-refractivity contribution in [2.45, 2.75) is 19.1 Å². The van der Waals surface area contributed by atoms with E-state index in [9.17, 15) is 14.0 Å². The van der Waals surface area contributed by atoms with Crippen molar-refractivity contribution in [1.82, 2.24) is 14.7 Å². The summed E-state index contributed by atoms with van der Waals surface area (Å²) in [5.41, 5.74) is 2.69. The Morgan fingerprint density at radius 1 is 0.970 bits per heavy atom. The van der Waals surface area contributed by atoms with Crippen LogP contribution in [-0.2, 0) is 10.5 Å². The molecular formula is C25H27FN4O2S. The first-order chi connectivity index (χ1) is 16.0. The first-order valence-corrected chi connectivity index (χ1v) is 12.2. The van der Waals surface area contributed by atoms with Gasteiger partial charge in [0.25, 0.3) is 5.56 Å². The summed E-state index contributed by atoms with van der Waals surface area (Å²) in [5, 5.41) is 4.59. The van der Waals surface area contributed by atoms with E-state index in [2.05, 4.69) is 10.00 Å². The van der Waals surface area contributed by atoms with Gasteiger partial charge in [-0.1, -0.05) is 29.8 Å². The summed E-state index contributed by atoms with van der Waals surface area (Å²) in [6.07, 6.45) is 0.833. The molecule has 3 aromatic rings. The number of rotatable bonds is 6. The van der Waals surface area contributed by atoms with Crippen LogP contribution in [-0.4, -0.2) is 52.5 Å². The molecular weight excluding hydrogens is 439 g/mol.